The van der Waals surface area contributed by atoms with Gasteiger partial charge in [-0.2, -0.15) is 0 Å². The van der Waals surface area contributed by atoms with Crippen molar-refractivity contribution in [2.45, 2.75) is 6.92 Å². The first-order valence-corrected chi connectivity index (χ1v) is 8.75. The Kier molecular flexibility index (Phi) is 4.45. The molecule has 6 heteroatoms. The van der Waals surface area contributed by atoms with E-state index in [4.69, 9.17) is 9.47 Å². The molecule has 0 aromatic heterocycles. The molecule has 3 aromatic carbocycles. The van der Waals surface area contributed by atoms with Crippen LogP contribution in [-0.4, -0.2) is 19.0 Å². The van der Waals surface area contributed by atoms with Crippen LogP contribution in [0.15, 0.2) is 59.7 Å². The molecular weight excluding hydrogens is 354 g/mol. The highest BCUT2D eigenvalue weighted by molar-refractivity contribution is 6.08. The van der Waals surface area contributed by atoms with Crippen molar-refractivity contribution >= 4 is 35.2 Å². The topological polar surface area (TPSA) is 72.0 Å². The van der Waals surface area contributed by atoms with Crippen molar-refractivity contribution in [2.24, 2.45) is 5.10 Å². The molecule has 0 saturated carbocycles. The average molecular weight is 373 g/mol. The lowest BCUT2D eigenvalue weighted by molar-refractivity contribution is 0.0968. The maximum atomic E-state index is 12.8. The summed E-state index contributed by atoms with van der Waals surface area (Å²) < 4.78 is 11.0. The lowest BCUT2D eigenvalue weighted by Crippen LogP contribution is -2.32. The number of fused-ring (bicyclic) bond motifs is 1. The van der Waals surface area contributed by atoms with E-state index in [-0.39, 0.29) is 11.9 Å². The van der Waals surface area contributed by atoms with Crippen LogP contribution in [0.3, 0.4) is 0 Å². The zero-order chi connectivity index (χ0) is 19.7. The molecule has 4 rings (SSSR count). The van der Waals surface area contributed by atoms with Gasteiger partial charge in [0.25, 0.3) is 5.91 Å². The van der Waals surface area contributed by atoms with Crippen LogP contribution in [0.2, 0.25) is 0 Å². The van der Waals surface area contributed by atoms with Crippen LogP contribution < -0.4 is 25.9 Å². The molecular formula is C22H19N3O3. The van der Waals surface area contributed by atoms with Gasteiger partial charge in [-0.3, -0.25) is 10.1 Å². The molecule has 1 aliphatic heterocycles. The number of carbonyl (C=O) groups excluding carboxylic acids is 1. The third kappa shape index (κ3) is 3.27. The van der Waals surface area contributed by atoms with E-state index in [2.05, 4.69) is 22.4 Å². The number of hydrogen-bond acceptors (Lipinski definition) is 5. The van der Waals surface area contributed by atoms with Crippen molar-refractivity contribution < 1.29 is 14.3 Å². The number of nitrogens with zero attached hydrogens (tertiary/aromatic N) is 1. The van der Waals surface area contributed by atoms with Gasteiger partial charge in [0.1, 0.15) is 5.75 Å². The van der Waals surface area contributed by atoms with Crippen molar-refractivity contribution in [2.75, 3.05) is 7.11 Å². The number of amides is 1. The molecule has 0 radical (unpaired) electrons. The SMILES string of the molecule is C=c1cc(C)ccc1=C1NN=C(NC(=O)c2cc3ccccc3cc2OC)O1. The summed E-state index contributed by atoms with van der Waals surface area (Å²) in [4.78, 5) is 12.8. The van der Waals surface area contributed by atoms with Crippen LogP contribution in [0.5, 0.6) is 5.75 Å². The zero-order valence-corrected chi connectivity index (χ0v) is 15.6. The summed E-state index contributed by atoms with van der Waals surface area (Å²) in [5.74, 6) is 0.527. The fraction of sp³-hybridized carbons (Fsp3) is 0.0909. The number of carbonyl (C=O) groups is 1. The number of rotatable bonds is 2. The molecule has 6 nitrogen and oxygen atoms in total. The number of aryl methyl sites for hydroxylation is 1. The lowest BCUT2D eigenvalue weighted by Gasteiger charge is -2.10. The number of hydrogen-bond donors (Lipinski definition) is 2. The van der Waals surface area contributed by atoms with E-state index in [1.807, 2.05) is 55.5 Å². The number of benzene rings is 3. The molecule has 1 amide bonds. The molecule has 0 spiro atoms. The molecule has 28 heavy (non-hydrogen) atoms. The average Bonchev–Trinajstić information content (AvgIpc) is 3.14. The van der Waals surface area contributed by atoms with Crippen LogP contribution in [0.1, 0.15) is 15.9 Å². The Bertz CT molecular complexity index is 1230. The fourth-order valence-corrected chi connectivity index (χ4v) is 3.09. The molecule has 0 unspecified atom stereocenters. The van der Waals surface area contributed by atoms with Crippen molar-refractivity contribution in [3.63, 3.8) is 0 Å². The fourth-order valence-electron chi connectivity index (χ4n) is 3.09. The predicted molar refractivity (Wildman–Crippen MR) is 109 cm³/mol. The van der Waals surface area contributed by atoms with Crippen LogP contribution >= 0.6 is 0 Å². The molecule has 0 bridgehead atoms. The molecule has 1 aliphatic rings. The number of ether oxygens (including phenoxy) is 2. The van der Waals surface area contributed by atoms with Gasteiger partial charge in [-0.25, -0.2) is 5.43 Å². The van der Waals surface area contributed by atoms with E-state index < -0.39 is 0 Å². The number of amidine groups is 1. The monoisotopic (exact) mass is 373 g/mol. The minimum atomic E-state index is -0.372. The molecule has 0 aliphatic carbocycles. The van der Waals surface area contributed by atoms with Gasteiger partial charge in [0.05, 0.1) is 12.7 Å². The minimum Gasteiger partial charge on any atom is -0.496 e. The van der Waals surface area contributed by atoms with E-state index >= 15 is 0 Å². The smallest absolute Gasteiger partial charge is 0.320 e. The Labute approximate surface area is 161 Å². The number of nitrogens with one attached hydrogen (secondary N) is 2. The third-order valence-electron chi connectivity index (χ3n) is 4.50. The van der Waals surface area contributed by atoms with E-state index in [1.54, 1.807) is 6.07 Å². The first-order valence-electron chi connectivity index (χ1n) is 8.75. The van der Waals surface area contributed by atoms with Gasteiger partial charge in [0, 0.05) is 5.22 Å². The van der Waals surface area contributed by atoms with Gasteiger partial charge in [0.2, 0.25) is 5.88 Å². The van der Waals surface area contributed by atoms with Crippen molar-refractivity contribution in [1.82, 2.24) is 10.7 Å². The van der Waals surface area contributed by atoms with Crippen LogP contribution in [0.4, 0.5) is 0 Å². The molecule has 0 fully saturated rings. The van der Waals surface area contributed by atoms with Gasteiger partial charge in [-0.15, -0.1) is 5.10 Å². The first kappa shape index (κ1) is 17.6. The van der Waals surface area contributed by atoms with Crippen LogP contribution in [-0.2, 0) is 4.74 Å². The summed E-state index contributed by atoms with van der Waals surface area (Å²) in [6, 6.07) is 17.2. The van der Waals surface area contributed by atoms with E-state index in [0.717, 1.165) is 26.8 Å². The summed E-state index contributed by atoms with van der Waals surface area (Å²) >= 11 is 0. The Hall–Kier alpha value is -3.80. The Morgan fingerprint density at radius 2 is 1.89 bits per heavy atom. The van der Waals surface area contributed by atoms with Crippen molar-refractivity contribution in [1.29, 1.82) is 0 Å². The molecule has 2 N–H and O–H groups in total. The van der Waals surface area contributed by atoms with Gasteiger partial charge in [-0.1, -0.05) is 48.5 Å². The largest absolute Gasteiger partial charge is 0.496 e. The second kappa shape index (κ2) is 7.08. The second-order valence-electron chi connectivity index (χ2n) is 6.47. The minimum absolute atomic E-state index is 0.0650. The normalized spacial score (nSPS) is 14.9. The van der Waals surface area contributed by atoms with E-state index in [9.17, 15) is 4.79 Å². The second-order valence-corrected chi connectivity index (χ2v) is 6.47. The van der Waals surface area contributed by atoms with Crippen molar-refractivity contribution in [3.8, 4) is 5.75 Å². The van der Waals surface area contributed by atoms with Gasteiger partial charge < -0.3 is 9.47 Å². The molecule has 1 heterocycles. The summed E-state index contributed by atoms with van der Waals surface area (Å²) in [5.41, 5.74) is 4.29. The number of hydrazone groups is 1. The molecule has 3 aromatic rings. The Morgan fingerprint density at radius 1 is 1.14 bits per heavy atom. The highest BCUT2D eigenvalue weighted by atomic mass is 16.5. The molecule has 0 saturated heterocycles. The van der Waals surface area contributed by atoms with Gasteiger partial charge >= 0.3 is 6.02 Å². The van der Waals surface area contributed by atoms with Gasteiger partial charge in [-0.05, 0) is 41.1 Å². The summed E-state index contributed by atoms with van der Waals surface area (Å²) in [7, 11) is 1.53. The highest BCUT2D eigenvalue weighted by Gasteiger charge is 2.20. The summed E-state index contributed by atoms with van der Waals surface area (Å²) in [5, 5.41) is 10.2. The maximum absolute atomic E-state index is 12.8. The third-order valence-corrected chi connectivity index (χ3v) is 4.50. The van der Waals surface area contributed by atoms with Crippen molar-refractivity contribution in [3.05, 3.63) is 76.2 Å². The molecule has 140 valence electrons. The van der Waals surface area contributed by atoms with Crippen LogP contribution in [0.25, 0.3) is 23.2 Å². The summed E-state index contributed by atoms with van der Waals surface area (Å²) in [6.45, 7) is 6.01. The Balaban J connectivity index is 1.60. The maximum Gasteiger partial charge on any atom is 0.320 e. The number of methoxy groups -OCH3 is 1. The molecule has 0 atom stereocenters. The predicted octanol–water partition coefficient (Wildman–Crippen LogP) is 1.95. The quantitative estimate of drug-likeness (QED) is 0.720. The zero-order valence-electron chi connectivity index (χ0n) is 15.6. The van der Waals surface area contributed by atoms with E-state index in [1.165, 1.54) is 7.11 Å². The van der Waals surface area contributed by atoms with Crippen LogP contribution in [0, 0.1) is 6.92 Å². The first-order chi connectivity index (χ1) is 13.5. The Morgan fingerprint density at radius 3 is 2.61 bits per heavy atom. The lowest BCUT2D eigenvalue weighted by atomic mass is 10.1. The summed E-state index contributed by atoms with van der Waals surface area (Å²) in [6.07, 6.45) is 0. The van der Waals surface area contributed by atoms with E-state index in [0.29, 0.717) is 17.2 Å². The highest BCUT2D eigenvalue weighted by Crippen LogP contribution is 2.26. The standard InChI is InChI=1S/C22H19N3O3/c1-13-8-9-17(14(2)10-13)21-24-25-22(28-21)23-20(26)18-11-15-6-4-5-7-16(15)12-19(18)27-3/h4-12,24H,2H2,1,3H3,(H,23,25,26). The van der Waals surface area contributed by atoms with Gasteiger partial charge in [0.15, 0.2) is 0 Å².